The number of hydrogen-bond acceptors (Lipinski definition) is 3. The van der Waals surface area contributed by atoms with Crippen LogP contribution < -0.4 is 15.8 Å². The molecular weight excluding hydrogens is 275 g/mol. The van der Waals surface area contributed by atoms with Crippen LogP contribution in [0.4, 0.5) is 0 Å². The zero-order chi connectivity index (χ0) is 13.0. The molecule has 3 N–H and O–H groups in total. The van der Waals surface area contributed by atoms with E-state index in [4.69, 9.17) is 33.7 Å². The van der Waals surface area contributed by atoms with Gasteiger partial charge in [0.05, 0.1) is 11.6 Å². The van der Waals surface area contributed by atoms with Gasteiger partial charge in [-0.05, 0) is 18.9 Å². The Balaban J connectivity index is 1.74. The van der Waals surface area contributed by atoms with E-state index in [1.54, 1.807) is 6.07 Å². The Kier molecular flexibility index (Phi) is 4.49. The monoisotopic (exact) mass is 288 g/mol. The molecule has 0 radical (unpaired) electrons. The fraction of sp³-hybridized carbons (Fsp3) is 0.455. The molecule has 1 fully saturated rings. The quantitative estimate of drug-likeness (QED) is 0.493. The normalized spacial score (nSPS) is 15.6. The van der Waals surface area contributed by atoms with Gasteiger partial charge in [-0.15, -0.1) is 0 Å². The number of guanidine groups is 1. The smallest absolute Gasteiger partial charge is 0.232 e. The van der Waals surface area contributed by atoms with Crippen LogP contribution in [0.2, 0.25) is 10.0 Å². The highest BCUT2D eigenvalue weighted by molar-refractivity contribution is 6.35. The number of rotatable bonds is 5. The standard InChI is InChI=1S/C11H14Cl2N4O/c12-7-5-9(13)10(16-6-7)18-4-3-15-11(14)17-8-1-2-8/h5-6,8H,1-4H2,(H3,14,15,17). The van der Waals surface area contributed by atoms with Crippen molar-refractivity contribution in [3.63, 3.8) is 0 Å². The third-order valence-corrected chi connectivity index (χ3v) is 2.79. The van der Waals surface area contributed by atoms with E-state index in [-0.39, 0.29) is 0 Å². The molecule has 98 valence electrons. The third kappa shape index (κ3) is 4.23. The molecule has 1 aromatic rings. The second-order valence-electron chi connectivity index (χ2n) is 3.97. The van der Waals surface area contributed by atoms with Crippen molar-refractivity contribution in [2.75, 3.05) is 13.2 Å². The predicted octanol–water partition coefficient (Wildman–Crippen LogP) is 1.83. The van der Waals surface area contributed by atoms with E-state index in [1.165, 1.54) is 6.20 Å². The van der Waals surface area contributed by atoms with Gasteiger partial charge in [0.1, 0.15) is 11.6 Å². The molecule has 0 saturated heterocycles. The van der Waals surface area contributed by atoms with Crippen molar-refractivity contribution in [2.24, 2.45) is 10.7 Å². The Hall–Kier alpha value is -1.20. The second-order valence-corrected chi connectivity index (χ2v) is 4.82. The number of nitrogens with one attached hydrogen (secondary N) is 1. The topological polar surface area (TPSA) is 72.5 Å². The third-order valence-electron chi connectivity index (χ3n) is 2.32. The lowest BCUT2D eigenvalue weighted by atomic mass is 10.5. The van der Waals surface area contributed by atoms with Crippen molar-refractivity contribution in [3.05, 3.63) is 22.3 Å². The van der Waals surface area contributed by atoms with Gasteiger partial charge in [-0.1, -0.05) is 23.2 Å². The van der Waals surface area contributed by atoms with Crippen LogP contribution in [0.5, 0.6) is 5.88 Å². The minimum atomic E-state index is 0.352. The van der Waals surface area contributed by atoms with E-state index < -0.39 is 0 Å². The minimum absolute atomic E-state index is 0.352. The Morgan fingerprint density at radius 2 is 2.33 bits per heavy atom. The molecule has 1 aromatic heterocycles. The summed E-state index contributed by atoms with van der Waals surface area (Å²) in [6.45, 7) is 0.813. The summed E-state index contributed by atoms with van der Waals surface area (Å²) in [6, 6.07) is 2.08. The second kappa shape index (κ2) is 6.11. The van der Waals surface area contributed by atoms with E-state index in [0.29, 0.717) is 41.1 Å². The number of ether oxygens (including phenoxy) is 1. The van der Waals surface area contributed by atoms with Crippen molar-refractivity contribution in [1.29, 1.82) is 0 Å². The fourth-order valence-electron chi connectivity index (χ4n) is 1.30. The Morgan fingerprint density at radius 3 is 3.00 bits per heavy atom. The van der Waals surface area contributed by atoms with Gasteiger partial charge < -0.3 is 15.8 Å². The van der Waals surface area contributed by atoms with E-state index in [1.807, 2.05) is 0 Å². The first-order valence-electron chi connectivity index (χ1n) is 5.65. The molecule has 18 heavy (non-hydrogen) atoms. The molecule has 0 amide bonds. The van der Waals surface area contributed by atoms with E-state index in [9.17, 15) is 0 Å². The average Bonchev–Trinajstić information content (AvgIpc) is 3.10. The number of nitrogens with two attached hydrogens (primary N) is 1. The molecular formula is C11H14Cl2N4O. The molecule has 2 rings (SSSR count). The highest BCUT2D eigenvalue weighted by atomic mass is 35.5. The van der Waals surface area contributed by atoms with E-state index in [2.05, 4.69) is 15.3 Å². The van der Waals surface area contributed by atoms with Gasteiger partial charge in [-0.2, -0.15) is 0 Å². The molecule has 0 aliphatic heterocycles. The zero-order valence-electron chi connectivity index (χ0n) is 9.70. The minimum Gasteiger partial charge on any atom is -0.475 e. The summed E-state index contributed by atoms with van der Waals surface area (Å²) >= 11 is 11.6. The molecule has 0 bridgehead atoms. The Bertz CT molecular complexity index is 449. The van der Waals surface area contributed by atoms with Gasteiger partial charge in [0.25, 0.3) is 0 Å². The first-order valence-corrected chi connectivity index (χ1v) is 6.41. The number of halogens is 2. The van der Waals surface area contributed by atoms with Gasteiger partial charge >= 0.3 is 0 Å². The summed E-state index contributed by atoms with van der Waals surface area (Å²) in [6.07, 6.45) is 3.81. The SMILES string of the molecule is NC(=NCCOc1ncc(Cl)cc1Cl)NC1CC1. The molecule has 0 aromatic carbocycles. The summed E-state index contributed by atoms with van der Waals surface area (Å²) in [5.74, 6) is 0.807. The maximum absolute atomic E-state index is 5.90. The maximum Gasteiger partial charge on any atom is 0.232 e. The average molecular weight is 289 g/mol. The molecule has 0 atom stereocenters. The Labute approximate surface area is 115 Å². The summed E-state index contributed by atoms with van der Waals surface area (Å²) in [5.41, 5.74) is 5.67. The number of aromatic nitrogens is 1. The fourth-order valence-corrected chi connectivity index (χ4v) is 1.73. The van der Waals surface area contributed by atoms with Crippen molar-refractivity contribution in [2.45, 2.75) is 18.9 Å². The molecule has 0 unspecified atom stereocenters. The number of nitrogens with zero attached hydrogens (tertiary/aromatic N) is 2. The summed E-state index contributed by atoms with van der Waals surface area (Å²) in [4.78, 5) is 8.10. The van der Waals surface area contributed by atoms with E-state index >= 15 is 0 Å². The van der Waals surface area contributed by atoms with Crippen molar-refractivity contribution in [3.8, 4) is 5.88 Å². The molecule has 5 nitrogen and oxygen atoms in total. The highest BCUT2D eigenvalue weighted by Crippen LogP contribution is 2.24. The number of pyridine rings is 1. The summed E-state index contributed by atoms with van der Waals surface area (Å²) in [5, 5.41) is 3.94. The van der Waals surface area contributed by atoms with Crippen LogP contribution in [-0.4, -0.2) is 30.1 Å². The summed E-state index contributed by atoms with van der Waals surface area (Å²) in [7, 11) is 0. The van der Waals surface area contributed by atoms with E-state index in [0.717, 1.165) is 12.8 Å². The van der Waals surface area contributed by atoms with Crippen molar-refractivity contribution < 1.29 is 4.74 Å². The zero-order valence-corrected chi connectivity index (χ0v) is 11.2. The first-order chi connectivity index (χ1) is 8.65. The van der Waals surface area contributed by atoms with Crippen LogP contribution >= 0.6 is 23.2 Å². The van der Waals surface area contributed by atoms with Gasteiger partial charge in [-0.25, -0.2) is 9.98 Å². The lowest BCUT2D eigenvalue weighted by Crippen LogP contribution is -2.33. The lowest BCUT2D eigenvalue weighted by Gasteiger charge is -2.06. The molecule has 0 spiro atoms. The van der Waals surface area contributed by atoms with Crippen LogP contribution in [-0.2, 0) is 0 Å². The highest BCUT2D eigenvalue weighted by Gasteiger charge is 2.21. The van der Waals surface area contributed by atoms with Crippen molar-refractivity contribution >= 4 is 29.2 Å². The molecule has 1 heterocycles. The number of aliphatic imine (C=N–C) groups is 1. The van der Waals surface area contributed by atoms with Gasteiger partial charge in [0, 0.05) is 12.2 Å². The molecule has 1 saturated carbocycles. The van der Waals surface area contributed by atoms with Crippen LogP contribution in [0.1, 0.15) is 12.8 Å². The van der Waals surface area contributed by atoms with Gasteiger partial charge in [0.2, 0.25) is 5.88 Å². The van der Waals surface area contributed by atoms with Crippen molar-refractivity contribution in [1.82, 2.24) is 10.3 Å². The maximum atomic E-state index is 5.90. The van der Waals surface area contributed by atoms with Crippen LogP contribution in [0.25, 0.3) is 0 Å². The first kappa shape index (κ1) is 13.2. The number of hydrogen-bond donors (Lipinski definition) is 2. The Morgan fingerprint density at radius 1 is 1.56 bits per heavy atom. The molecule has 1 aliphatic rings. The largest absolute Gasteiger partial charge is 0.475 e. The van der Waals surface area contributed by atoms with Gasteiger partial charge in [-0.3, -0.25) is 0 Å². The van der Waals surface area contributed by atoms with Crippen LogP contribution in [0, 0.1) is 0 Å². The molecule has 7 heteroatoms. The predicted molar refractivity (Wildman–Crippen MR) is 72.4 cm³/mol. The summed E-state index contributed by atoms with van der Waals surface area (Å²) < 4.78 is 5.37. The lowest BCUT2D eigenvalue weighted by molar-refractivity contribution is 0.316. The van der Waals surface area contributed by atoms with Crippen LogP contribution in [0.3, 0.4) is 0 Å². The van der Waals surface area contributed by atoms with Gasteiger partial charge in [0.15, 0.2) is 5.96 Å². The molecule has 1 aliphatic carbocycles. The van der Waals surface area contributed by atoms with Crippen LogP contribution in [0.15, 0.2) is 17.3 Å².